The summed E-state index contributed by atoms with van der Waals surface area (Å²) in [4.78, 5) is 20.7. The summed E-state index contributed by atoms with van der Waals surface area (Å²) in [5, 5.41) is 19.5. The Balaban J connectivity index is 0.00000150. The van der Waals surface area contributed by atoms with Crippen molar-refractivity contribution in [3.63, 3.8) is 0 Å². The van der Waals surface area contributed by atoms with Crippen molar-refractivity contribution >= 4 is 16.9 Å². The molecule has 0 saturated heterocycles. The van der Waals surface area contributed by atoms with Crippen LogP contribution in [0.25, 0.3) is 22.2 Å². The summed E-state index contributed by atoms with van der Waals surface area (Å²) in [6.07, 6.45) is 4.78. The molecule has 0 spiro atoms. The molecule has 2 aromatic heterocycles. The van der Waals surface area contributed by atoms with Crippen molar-refractivity contribution in [1.82, 2.24) is 9.97 Å². The fraction of sp³-hybridized carbons (Fsp3) is 0.273. The van der Waals surface area contributed by atoms with Gasteiger partial charge >= 0.3 is 57.4 Å². The van der Waals surface area contributed by atoms with Crippen molar-refractivity contribution in [3.05, 3.63) is 59.9 Å². The van der Waals surface area contributed by atoms with Crippen LogP contribution in [0.5, 0.6) is 0 Å². The first-order valence-electron chi connectivity index (χ1n) is 9.14. The van der Waals surface area contributed by atoms with Crippen molar-refractivity contribution < 1.29 is 62.7 Å². The molecule has 1 N–H and O–H groups in total. The number of hydrogen-bond acceptors (Lipinski definition) is 4. The summed E-state index contributed by atoms with van der Waals surface area (Å²) in [5.41, 5.74) is 4.04. The number of carboxylic acids is 1. The van der Waals surface area contributed by atoms with Gasteiger partial charge in [-0.25, -0.2) is 0 Å². The fourth-order valence-corrected chi connectivity index (χ4v) is 3.89. The molecule has 4 rings (SSSR count). The molecule has 0 amide bonds. The minimum Gasteiger partial charge on any atom is -1.00 e. The zero-order valence-electron chi connectivity index (χ0n) is 16.8. The molecule has 5 nitrogen and oxygen atoms in total. The average molecular weight is 398 g/mol. The molecule has 0 aliphatic heterocycles. The van der Waals surface area contributed by atoms with Crippen molar-refractivity contribution in [3.8, 4) is 17.3 Å². The molecule has 1 fully saturated rings. The van der Waals surface area contributed by atoms with Crippen LogP contribution in [0.2, 0.25) is 0 Å². The van der Waals surface area contributed by atoms with Crippen LogP contribution in [0, 0.1) is 17.2 Å². The maximum Gasteiger partial charge on any atom is 1.00 e. The van der Waals surface area contributed by atoms with Crippen LogP contribution in [0.15, 0.2) is 48.7 Å². The van der Waals surface area contributed by atoms with Crippen LogP contribution >= 0.6 is 0 Å². The van der Waals surface area contributed by atoms with Crippen LogP contribution in [-0.4, -0.2) is 21.0 Å². The van der Waals surface area contributed by atoms with Crippen LogP contribution in [0.3, 0.4) is 0 Å². The molecule has 28 heavy (non-hydrogen) atoms. The second-order valence-corrected chi connectivity index (χ2v) is 7.05. The standard InChI is InChI=1S/C22H19N3O2.K.H/c23-13-14-3-1-4-17(11-14)21-20-18(5-2-10-24-20)12-19(25-21)15-6-8-16(9-7-15)22(26)27;;/h1-5,10-12,15-16H,6-9H2,(H,26,27);;/q;+1;-1. The first-order valence-corrected chi connectivity index (χ1v) is 9.14. The topological polar surface area (TPSA) is 86.9 Å². The molecule has 1 aliphatic rings. The Morgan fingerprint density at radius 2 is 1.93 bits per heavy atom. The predicted molar refractivity (Wildman–Crippen MR) is 103 cm³/mol. The van der Waals surface area contributed by atoms with E-state index in [0.717, 1.165) is 40.7 Å². The third-order valence-electron chi connectivity index (χ3n) is 5.37. The first-order chi connectivity index (χ1) is 13.2. The SMILES string of the molecule is N#Cc1cccc(-c2nc(C3CCC(C(=O)O)CC3)cc3cccnc23)c1.[H-].[K+]. The quantitative estimate of drug-likeness (QED) is 0.679. The molecule has 0 radical (unpaired) electrons. The van der Waals surface area contributed by atoms with Gasteiger partial charge in [0.1, 0.15) is 0 Å². The number of carbonyl (C=O) groups is 1. The van der Waals surface area contributed by atoms with E-state index in [1.807, 2.05) is 30.3 Å². The molecule has 0 bridgehead atoms. The molecule has 1 saturated carbocycles. The number of pyridine rings is 2. The summed E-state index contributed by atoms with van der Waals surface area (Å²) in [6, 6.07) is 15.6. The van der Waals surface area contributed by atoms with Gasteiger partial charge in [0.25, 0.3) is 0 Å². The molecule has 2 heterocycles. The van der Waals surface area contributed by atoms with Crippen molar-refractivity contribution in [2.45, 2.75) is 31.6 Å². The van der Waals surface area contributed by atoms with E-state index in [1.165, 1.54) is 0 Å². The van der Waals surface area contributed by atoms with Gasteiger partial charge in [0.05, 0.1) is 28.8 Å². The number of fused-ring (bicyclic) bond motifs is 1. The average Bonchev–Trinajstić information content (AvgIpc) is 2.73. The molecular weight excluding hydrogens is 377 g/mol. The zero-order chi connectivity index (χ0) is 18.8. The van der Waals surface area contributed by atoms with Gasteiger partial charge in [-0.15, -0.1) is 0 Å². The van der Waals surface area contributed by atoms with Crippen LogP contribution in [0.4, 0.5) is 0 Å². The van der Waals surface area contributed by atoms with E-state index in [4.69, 9.17) is 4.98 Å². The van der Waals surface area contributed by atoms with Crippen LogP contribution < -0.4 is 51.4 Å². The summed E-state index contributed by atoms with van der Waals surface area (Å²) in [6.45, 7) is 0. The van der Waals surface area contributed by atoms with E-state index in [-0.39, 0.29) is 64.6 Å². The number of nitriles is 1. The first kappa shape index (κ1) is 21.1. The molecule has 1 aromatic carbocycles. The number of carboxylic acid groups (broad SMARTS) is 1. The Kier molecular flexibility index (Phi) is 6.97. The zero-order valence-corrected chi connectivity index (χ0v) is 18.9. The Morgan fingerprint density at radius 1 is 1.14 bits per heavy atom. The molecule has 1 aliphatic carbocycles. The van der Waals surface area contributed by atoms with Gasteiger partial charge in [-0.1, -0.05) is 18.2 Å². The summed E-state index contributed by atoms with van der Waals surface area (Å²) < 4.78 is 0. The Morgan fingerprint density at radius 3 is 2.64 bits per heavy atom. The van der Waals surface area contributed by atoms with Crippen LogP contribution in [-0.2, 0) is 4.79 Å². The number of rotatable bonds is 3. The van der Waals surface area contributed by atoms with E-state index >= 15 is 0 Å². The normalized spacial score (nSPS) is 18.8. The maximum absolute atomic E-state index is 11.2. The summed E-state index contributed by atoms with van der Waals surface area (Å²) in [7, 11) is 0. The maximum atomic E-state index is 11.2. The monoisotopic (exact) mass is 397 g/mol. The van der Waals surface area contributed by atoms with Crippen molar-refractivity contribution in [2.24, 2.45) is 5.92 Å². The molecule has 6 heteroatoms. The minimum atomic E-state index is -0.696. The van der Waals surface area contributed by atoms with E-state index in [2.05, 4.69) is 17.1 Å². The third kappa shape index (κ3) is 4.34. The molecule has 3 aromatic rings. The number of nitrogens with zero attached hydrogens (tertiary/aromatic N) is 3. The number of aromatic nitrogens is 2. The largest absolute Gasteiger partial charge is 1.00 e. The van der Waals surface area contributed by atoms with Crippen molar-refractivity contribution in [2.75, 3.05) is 0 Å². The predicted octanol–water partition coefficient (Wildman–Crippen LogP) is 1.64. The van der Waals surface area contributed by atoms with E-state index in [1.54, 1.807) is 12.3 Å². The van der Waals surface area contributed by atoms with Gasteiger partial charge in [0.2, 0.25) is 0 Å². The Bertz CT molecular complexity index is 1060. The van der Waals surface area contributed by atoms with E-state index in [9.17, 15) is 15.2 Å². The molecule has 0 unspecified atom stereocenters. The number of aliphatic carboxylic acids is 1. The van der Waals surface area contributed by atoms with Crippen molar-refractivity contribution in [1.29, 1.82) is 5.26 Å². The molecule has 136 valence electrons. The Labute approximate surface area is 207 Å². The Hall–Kier alpha value is -1.62. The van der Waals surface area contributed by atoms with E-state index in [0.29, 0.717) is 18.4 Å². The summed E-state index contributed by atoms with van der Waals surface area (Å²) >= 11 is 0. The van der Waals surface area contributed by atoms with Gasteiger partial charge in [-0.05, 0) is 49.9 Å². The van der Waals surface area contributed by atoms with Gasteiger partial charge in [-0.2, -0.15) is 5.26 Å². The smallest absolute Gasteiger partial charge is 1.00 e. The van der Waals surface area contributed by atoms with Gasteiger partial charge in [0.15, 0.2) is 0 Å². The second-order valence-electron chi connectivity index (χ2n) is 7.05. The molecule has 0 atom stereocenters. The van der Waals surface area contributed by atoms with Gasteiger partial charge in [0, 0.05) is 28.8 Å². The van der Waals surface area contributed by atoms with Crippen LogP contribution in [0.1, 0.15) is 44.3 Å². The molecular formula is C22H20KN3O2. The number of hydrogen-bond donors (Lipinski definition) is 1. The van der Waals surface area contributed by atoms with Gasteiger partial charge < -0.3 is 6.53 Å². The third-order valence-corrected chi connectivity index (χ3v) is 5.37. The fourth-order valence-electron chi connectivity index (χ4n) is 3.89. The van der Waals surface area contributed by atoms with Gasteiger partial charge in [-0.3, -0.25) is 14.8 Å². The number of benzene rings is 1. The van der Waals surface area contributed by atoms with E-state index < -0.39 is 5.97 Å². The minimum absolute atomic E-state index is 0. The summed E-state index contributed by atoms with van der Waals surface area (Å²) in [5.74, 6) is -0.684. The second kappa shape index (κ2) is 9.25.